The van der Waals surface area contributed by atoms with Crippen molar-refractivity contribution < 1.29 is 24.1 Å². The van der Waals surface area contributed by atoms with Gasteiger partial charge in [-0.15, -0.1) is 0 Å². The molecule has 0 radical (unpaired) electrons. The predicted octanol–water partition coefficient (Wildman–Crippen LogP) is 3.44. The molecule has 1 aliphatic heterocycles. The average Bonchev–Trinajstić information content (AvgIpc) is 2.80. The molecule has 0 saturated heterocycles. The van der Waals surface area contributed by atoms with Crippen molar-refractivity contribution in [1.82, 2.24) is 4.57 Å². The first-order valence-corrected chi connectivity index (χ1v) is 9.95. The van der Waals surface area contributed by atoms with Crippen LogP contribution in [-0.2, 0) is 4.74 Å². The molecule has 0 unspecified atom stereocenters. The van der Waals surface area contributed by atoms with Crippen LogP contribution in [0.1, 0.15) is 34.1 Å². The van der Waals surface area contributed by atoms with Crippen LogP contribution in [0.5, 0.6) is 11.5 Å². The van der Waals surface area contributed by atoms with Crippen LogP contribution in [-0.4, -0.2) is 36.0 Å². The van der Waals surface area contributed by atoms with Crippen LogP contribution in [0.2, 0.25) is 0 Å². The molecule has 4 rings (SSSR count). The Morgan fingerprint density at radius 2 is 2.00 bits per heavy atom. The van der Waals surface area contributed by atoms with Crippen molar-refractivity contribution in [3.8, 4) is 28.8 Å². The highest BCUT2D eigenvalue weighted by Gasteiger charge is 2.29. The van der Waals surface area contributed by atoms with Crippen LogP contribution in [0.25, 0.3) is 11.3 Å². The second kappa shape index (κ2) is 8.96. The SMILES string of the molecule is COCCCOc1cc2c(cc1C#N)-c1cc(=O)c(C(=O)O)cn1[C@@H](c1ccccc1)O2. The molecule has 3 aromatic rings. The number of ether oxygens (including phenoxy) is 3. The van der Waals surface area contributed by atoms with Crippen molar-refractivity contribution in [1.29, 1.82) is 5.26 Å². The Bertz CT molecular complexity index is 1260. The molecule has 0 bridgehead atoms. The van der Waals surface area contributed by atoms with Gasteiger partial charge in [-0.2, -0.15) is 5.26 Å². The number of carboxylic acids is 1. The summed E-state index contributed by atoms with van der Waals surface area (Å²) in [5, 5.41) is 19.1. The van der Waals surface area contributed by atoms with Gasteiger partial charge in [0.25, 0.3) is 0 Å². The van der Waals surface area contributed by atoms with E-state index in [1.807, 2.05) is 30.3 Å². The lowest BCUT2D eigenvalue weighted by Crippen LogP contribution is -2.27. The number of carbonyl (C=O) groups is 1. The molecule has 0 fully saturated rings. The molecular weight excluding hydrogens is 412 g/mol. The standard InChI is InChI=1S/C24H20N2O6/c1-30-8-5-9-31-21-12-22-17(10-16(21)13-25)19-11-20(27)18(24(28)29)14-26(19)23(32-22)15-6-3-2-4-7-15/h2-4,6-7,10-12,14,23H,5,8-9H2,1H3,(H,28,29)/t23-/m1/s1. The lowest BCUT2D eigenvalue weighted by atomic mass is 10.0. The molecule has 2 heterocycles. The molecule has 1 atom stereocenters. The Kier molecular flexibility index (Phi) is 5.92. The summed E-state index contributed by atoms with van der Waals surface area (Å²) in [6, 6.07) is 15.9. The van der Waals surface area contributed by atoms with Crippen molar-refractivity contribution in [3.05, 3.63) is 81.6 Å². The average molecular weight is 432 g/mol. The van der Waals surface area contributed by atoms with E-state index in [0.29, 0.717) is 42.4 Å². The summed E-state index contributed by atoms with van der Waals surface area (Å²) in [5.41, 5.74) is 1.03. The minimum Gasteiger partial charge on any atom is -0.492 e. The van der Waals surface area contributed by atoms with Gasteiger partial charge in [-0.25, -0.2) is 4.79 Å². The van der Waals surface area contributed by atoms with E-state index in [1.165, 1.54) is 12.3 Å². The predicted molar refractivity (Wildman–Crippen MR) is 115 cm³/mol. The van der Waals surface area contributed by atoms with E-state index in [0.717, 1.165) is 5.56 Å². The van der Waals surface area contributed by atoms with Crippen LogP contribution < -0.4 is 14.9 Å². The van der Waals surface area contributed by atoms with Gasteiger partial charge in [0.2, 0.25) is 6.23 Å². The summed E-state index contributed by atoms with van der Waals surface area (Å²) >= 11 is 0. The van der Waals surface area contributed by atoms with E-state index in [4.69, 9.17) is 14.2 Å². The summed E-state index contributed by atoms with van der Waals surface area (Å²) in [7, 11) is 1.60. The second-order valence-electron chi connectivity index (χ2n) is 7.18. The maximum atomic E-state index is 12.5. The van der Waals surface area contributed by atoms with Crippen LogP contribution in [0.3, 0.4) is 0 Å². The molecule has 1 N–H and O–H groups in total. The van der Waals surface area contributed by atoms with Gasteiger partial charge >= 0.3 is 5.97 Å². The van der Waals surface area contributed by atoms with Crippen molar-refractivity contribution >= 4 is 5.97 Å². The number of methoxy groups -OCH3 is 1. The zero-order chi connectivity index (χ0) is 22.7. The number of fused-ring (bicyclic) bond motifs is 3. The van der Waals surface area contributed by atoms with Crippen LogP contribution in [0.4, 0.5) is 0 Å². The van der Waals surface area contributed by atoms with Gasteiger partial charge in [-0.3, -0.25) is 4.79 Å². The lowest BCUT2D eigenvalue weighted by Gasteiger charge is -2.32. The van der Waals surface area contributed by atoms with Crippen molar-refractivity contribution in [3.63, 3.8) is 0 Å². The van der Waals surface area contributed by atoms with Crippen molar-refractivity contribution in [2.24, 2.45) is 0 Å². The maximum absolute atomic E-state index is 12.5. The van der Waals surface area contributed by atoms with Gasteiger partial charge in [0.15, 0.2) is 5.43 Å². The monoisotopic (exact) mass is 432 g/mol. The third-order valence-electron chi connectivity index (χ3n) is 5.11. The van der Waals surface area contributed by atoms with Crippen LogP contribution in [0, 0.1) is 11.3 Å². The number of pyridine rings is 1. The number of rotatable bonds is 7. The highest BCUT2D eigenvalue weighted by Crippen LogP contribution is 2.43. The molecule has 1 aliphatic rings. The van der Waals surface area contributed by atoms with E-state index < -0.39 is 17.6 Å². The molecule has 1 aromatic heterocycles. The number of carboxylic acid groups (broad SMARTS) is 1. The highest BCUT2D eigenvalue weighted by molar-refractivity contribution is 5.88. The number of nitriles is 1. The minimum absolute atomic E-state index is 0.282. The molecule has 32 heavy (non-hydrogen) atoms. The number of aromatic nitrogens is 1. The number of hydrogen-bond donors (Lipinski definition) is 1. The first kappa shape index (κ1) is 21.2. The molecule has 2 aromatic carbocycles. The smallest absolute Gasteiger partial charge is 0.341 e. The fourth-order valence-electron chi connectivity index (χ4n) is 3.59. The van der Waals surface area contributed by atoms with Gasteiger partial charge in [-0.05, 0) is 6.07 Å². The van der Waals surface area contributed by atoms with Gasteiger partial charge < -0.3 is 23.9 Å². The molecule has 162 valence electrons. The summed E-state index contributed by atoms with van der Waals surface area (Å²) in [6.07, 6.45) is 1.23. The van der Waals surface area contributed by atoms with Gasteiger partial charge in [0, 0.05) is 49.6 Å². The van der Waals surface area contributed by atoms with E-state index in [1.54, 1.807) is 23.8 Å². The topological polar surface area (TPSA) is 111 Å². The third-order valence-corrected chi connectivity index (χ3v) is 5.11. The first-order valence-electron chi connectivity index (χ1n) is 9.95. The summed E-state index contributed by atoms with van der Waals surface area (Å²) in [4.78, 5) is 24.0. The quantitative estimate of drug-likeness (QED) is 0.569. The summed E-state index contributed by atoms with van der Waals surface area (Å²) in [5.74, 6) is -0.519. The fraction of sp³-hybridized carbons (Fsp3) is 0.208. The minimum atomic E-state index is -1.32. The first-order chi connectivity index (χ1) is 15.5. The van der Waals surface area contributed by atoms with Gasteiger partial charge in [0.05, 0.1) is 17.9 Å². The van der Waals surface area contributed by atoms with E-state index in [2.05, 4.69) is 6.07 Å². The molecular formula is C24H20N2O6. The molecule has 0 aliphatic carbocycles. The van der Waals surface area contributed by atoms with Crippen molar-refractivity contribution in [2.75, 3.05) is 20.3 Å². The van der Waals surface area contributed by atoms with Gasteiger partial charge in [-0.1, -0.05) is 30.3 Å². The molecule has 8 heteroatoms. The van der Waals surface area contributed by atoms with Crippen LogP contribution >= 0.6 is 0 Å². The molecule has 0 spiro atoms. The summed E-state index contributed by atoms with van der Waals surface area (Å²) < 4.78 is 18.6. The Hall–Kier alpha value is -4.09. The lowest BCUT2D eigenvalue weighted by molar-refractivity contribution is 0.0693. The Morgan fingerprint density at radius 1 is 1.22 bits per heavy atom. The normalized spacial score (nSPS) is 13.9. The number of benzene rings is 2. The van der Waals surface area contributed by atoms with E-state index in [9.17, 15) is 20.0 Å². The maximum Gasteiger partial charge on any atom is 0.341 e. The Labute approximate surface area is 183 Å². The second-order valence-corrected chi connectivity index (χ2v) is 7.18. The van der Waals surface area contributed by atoms with Crippen LogP contribution in [0.15, 0.2) is 59.5 Å². The molecule has 0 saturated carbocycles. The zero-order valence-corrected chi connectivity index (χ0v) is 17.3. The Balaban J connectivity index is 1.86. The fourth-order valence-corrected chi connectivity index (χ4v) is 3.59. The van der Waals surface area contributed by atoms with Crippen molar-refractivity contribution in [2.45, 2.75) is 12.6 Å². The van der Waals surface area contributed by atoms with E-state index in [-0.39, 0.29) is 11.1 Å². The largest absolute Gasteiger partial charge is 0.492 e. The number of nitrogens with zero attached hydrogens (tertiary/aromatic N) is 2. The third kappa shape index (κ3) is 3.94. The molecule has 8 nitrogen and oxygen atoms in total. The van der Waals surface area contributed by atoms with E-state index >= 15 is 0 Å². The van der Waals surface area contributed by atoms with Gasteiger partial charge in [0.1, 0.15) is 23.1 Å². The molecule has 0 amide bonds. The number of aromatic carboxylic acids is 1. The number of hydrogen-bond acceptors (Lipinski definition) is 6. The Morgan fingerprint density at radius 3 is 2.69 bits per heavy atom. The zero-order valence-electron chi connectivity index (χ0n) is 17.3. The highest BCUT2D eigenvalue weighted by atomic mass is 16.5. The summed E-state index contributed by atoms with van der Waals surface area (Å²) in [6.45, 7) is 0.892.